The second-order valence-corrected chi connectivity index (χ2v) is 6.25. The lowest BCUT2D eigenvalue weighted by Crippen LogP contribution is -2.38. The molecule has 5 nitrogen and oxygen atoms in total. The molecule has 130 valence electrons. The molecule has 1 heterocycles. The Morgan fingerprint density at radius 2 is 1.88 bits per heavy atom. The zero-order valence-corrected chi connectivity index (χ0v) is 14.2. The van der Waals surface area contributed by atoms with Crippen LogP contribution in [0.1, 0.15) is 23.6 Å². The number of urea groups is 1. The fraction of sp³-hybridized carbons (Fsp3) is 0.263. The van der Waals surface area contributed by atoms with Gasteiger partial charge in [0.1, 0.15) is 5.82 Å². The van der Waals surface area contributed by atoms with Gasteiger partial charge in [0, 0.05) is 25.7 Å². The standard InChI is InChI=1S/C19H20FN3O2/c1-12-3-4-14-7-8-23(11-15(14)9-12)19(25)22-16-5-6-17(20)18(10-16)21-13(2)24/h3-6,9-10H,7-8,11H2,1-2H3,(H,21,24)(H,22,25). The molecule has 0 unspecified atom stereocenters. The van der Waals surface area contributed by atoms with Crippen LogP contribution in [0, 0.1) is 12.7 Å². The number of anilines is 2. The monoisotopic (exact) mass is 341 g/mol. The van der Waals surface area contributed by atoms with Crippen molar-refractivity contribution >= 4 is 23.3 Å². The first-order valence-electron chi connectivity index (χ1n) is 8.14. The van der Waals surface area contributed by atoms with Gasteiger partial charge in [0.25, 0.3) is 0 Å². The molecular formula is C19H20FN3O2. The molecule has 0 saturated carbocycles. The van der Waals surface area contributed by atoms with E-state index in [-0.39, 0.29) is 17.6 Å². The molecule has 0 atom stereocenters. The molecule has 2 aromatic carbocycles. The largest absolute Gasteiger partial charge is 0.324 e. The third-order valence-electron chi connectivity index (χ3n) is 4.19. The summed E-state index contributed by atoms with van der Waals surface area (Å²) in [5.41, 5.74) is 4.07. The molecule has 25 heavy (non-hydrogen) atoms. The Morgan fingerprint density at radius 3 is 2.64 bits per heavy atom. The summed E-state index contributed by atoms with van der Waals surface area (Å²) in [6.07, 6.45) is 0.809. The van der Waals surface area contributed by atoms with E-state index in [4.69, 9.17) is 0 Å². The summed E-state index contributed by atoms with van der Waals surface area (Å²) in [4.78, 5) is 25.4. The molecular weight excluding hydrogens is 321 g/mol. The van der Waals surface area contributed by atoms with Gasteiger partial charge in [-0.05, 0) is 42.7 Å². The Hall–Kier alpha value is -2.89. The zero-order valence-electron chi connectivity index (χ0n) is 14.2. The lowest BCUT2D eigenvalue weighted by atomic mass is 9.98. The maximum Gasteiger partial charge on any atom is 0.322 e. The number of fused-ring (bicyclic) bond motifs is 1. The average Bonchev–Trinajstić information content (AvgIpc) is 2.56. The van der Waals surface area contributed by atoms with E-state index in [1.165, 1.54) is 36.2 Å². The predicted molar refractivity (Wildman–Crippen MR) is 95.0 cm³/mol. The van der Waals surface area contributed by atoms with E-state index >= 15 is 0 Å². The highest BCUT2D eigenvalue weighted by atomic mass is 19.1. The molecule has 1 aliphatic rings. The van der Waals surface area contributed by atoms with Crippen LogP contribution in [-0.2, 0) is 17.8 Å². The van der Waals surface area contributed by atoms with Crippen LogP contribution in [0.5, 0.6) is 0 Å². The molecule has 0 saturated heterocycles. The van der Waals surface area contributed by atoms with Gasteiger partial charge in [-0.2, -0.15) is 0 Å². The van der Waals surface area contributed by atoms with E-state index in [2.05, 4.69) is 28.8 Å². The summed E-state index contributed by atoms with van der Waals surface area (Å²) < 4.78 is 13.7. The summed E-state index contributed by atoms with van der Waals surface area (Å²) in [5, 5.41) is 5.17. The first-order chi connectivity index (χ1) is 11.9. The number of benzene rings is 2. The molecule has 0 aliphatic carbocycles. The highest BCUT2D eigenvalue weighted by Gasteiger charge is 2.21. The zero-order chi connectivity index (χ0) is 18.0. The van der Waals surface area contributed by atoms with E-state index in [1.807, 2.05) is 6.92 Å². The molecule has 0 aromatic heterocycles. The lowest BCUT2D eigenvalue weighted by Gasteiger charge is -2.29. The number of aryl methyl sites for hydroxylation is 1. The quantitative estimate of drug-likeness (QED) is 0.875. The van der Waals surface area contributed by atoms with Crippen LogP contribution < -0.4 is 10.6 Å². The van der Waals surface area contributed by atoms with Gasteiger partial charge < -0.3 is 15.5 Å². The van der Waals surface area contributed by atoms with Crippen LogP contribution in [0.4, 0.5) is 20.6 Å². The van der Waals surface area contributed by atoms with Gasteiger partial charge in [-0.25, -0.2) is 9.18 Å². The summed E-state index contributed by atoms with van der Waals surface area (Å²) in [5.74, 6) is -0.916. The number of carbonyl (C=O) groups is 2. The molecule has 3 rings (SSSR count). The van der Waals surface area contributed by atoms with Crippen molar-refractivity contribution in [2.45, 2.75) is 26.8 Å². The van der Waals surface area contributed by atoms with Gasteiger partial charge in [0.15, 0.2) is 0 Å². The number of nitrogens with zero attached hydrogens (tertiary/aromatic N) is 1. The summed E-state index contributed by atoms with van der Waals surface area (Å²) in [6, 6.07) is 10.2. The van der Waals surface area contributed by atoms with Crippen molar-refractivity contribution < 1.29 is 14.0 Å². The Labute approximate surface area is 145 Å². The van der Waals surface area contributed by atoms with E-state index in [0.29, 0.717) is 18.8 Å². The number of amides is 3. The van der Waals surface area contributed by atoms with Crippen molar-refractivity contribution in [3.8, 4) is 0 Å². The topological polar surface area (TPSA) is 61.4 Å². The molecule has 3 amide bonds. The van der Waals surface area contributed by atoms with Gasteiger partial charge >= 0.3 is 6.03 Å². The number of hydrogen-bond acceptors (Lipinski definition) is 2. The third kappa shape index (κ3) is 3.96. The maximum absolute atomic E-state index is 13.7. The minimum Gasteiger partial charge on any atom is -0.324 e. The Balaban J connectivity index is 1.71. The smallest absolute Gasteiger partial charge is 0.322 e. The molecule has 0 spiro atoms. The van der Waals surface area contributed by atoms with Crippen molar-refractivity contribution in [3.05, 3.63) is 58.9 Å². The van der Waals surface area contributed by atoms with Crippen LogP contribution >= 0.6 is 0 Å². The van der Waals surface area contributed by atoms with Gasteiger partial charge in [0.05, 0.1) is 5.69 Å². The second kappa shape index (κ2) is 6.93. The highest BCUT2D eigenvalue weighted by molar-refractivity contribution is 5.92. The molecule has 0 radical (unpaired) electrons. The Morgan fingerprint density at radius 1 is 1.08 bits per heavy atom. The van der Waals surface area contributed by atoms with Crippen LogP contribution in [0.2, 0.25) is 0 Å². The number of carbonyl (C=O) groups excluding carboxylic acids is 2. The number of halogens is 1. The SMILES string of the molecule is CC(=O)Nc1cc(NC(=O)N2CCc3ccc(C)cc3C2)ccc1F. The van der Waals surface area contributed by atoms with Crippen LogP contribution in [0.15, 0.2) is 36.4 Å². The lowest BCUT2D eigenvalue weighted by molar-refractivity contribution is -0.114. The average molecular weight is 341 g/mol. The minimum atomic E-state index is -0.546. The van der Waals surface area contributed by atoms with Gasteiger partial charge in [-0.15, -0.1) is 0 Å². The van der Waals surface area contributed by atoms with Crippen molar-refractivity contribution in [1.29, 1.82) is 0 Å². The maximum atomic E-state index is 13.7. The second-order valence-electron chi connectivity index (χ2n) is 6.25. The fourth-order valence-electron chi connectivity index (χ4n) is 2.95. The highest BCUT2D eigenvalue weighted by Crippen LogP contribution is 2.23. The molecule has 1 aliphatic heterocycles. The van der Waals surface area contributed by atoms with Gasteiger partial charge in [-0.3, -0.25) is 4.79 Å². The summed E-state index contributed by atoms with van der Waals surface area (Å²) in [7, 11) is 0. The predicted octanol–water partition coefficient (Wildman–Crippen LogP) is 3.68. The van der Waals surface area contributed by atoms with E-state index in [9.17, 15) is 14.0 Å². The van der Waals surface area contributed by atoms with Crippen LogP contribution in [-0.4, -0.2) is 23.4 Å². The van der Waals surface area contributed by atoms with Crippen molar-refractivity contribution in [2.24, 2.45) is 0 Å². The van der Waals surface area contributed by atoms with Crippen LogP contribution in [0.25, 0.3) is 0 Å². The number of hydrogen-bond donors (Lipinski definition) is 2. The van der Waals surface area contributed by atoms with E-state index in [0.717, 1.165) is 12.0 Å². The number of nitrogens with one attached hydrogen (secondary N) is 2. The third-order valence-corrected chi connectivity index (χ3v) is 4.19. The first-order valence-corrected chi connectivity index (χ1v) is 8.14. The van der Waals surface area contributed by atoms with E-state index < -0.39 is 5.82 Å². The fourth-order valence-corrected chi connectivity index (χ4v) is 2.95. The number of rotatable bonds is 2. The minimum absolute atomic E-state index is 0.0462. The molecule has 2 aromatic rings. The van der Waals surface area contributed by atoms with Crippen molar-refractivity contribution in [3.63, 3.8) is 0 Å². The molecule has 2 N–H and O–H groups in total. The van der Waals surface area contributed by atoms with Crippen LogP contribution in [0.3, 0.4) is 0 Å². The normalized spacial score (nSPS) is 13.2. The van der Waals surface area contributed by atoms with Crippen molar-refractivity contribution in [1.82, 2.24) is 4.90 Å². The summed E-state index contributed by atoms with van der Waals surface area (Å²) in [6.45, 7) is 4.50. The van der Waals surface area contributed by atoms with Gasteiger partial charge in [0.2, 0.25) is 5.91 Å². The molecule has 0 bridgehead atoms. The Bertz CT molecular complexity index is 835. The molecule has 6 heteroatoms. The van der Waals surface area contributed by atoms with Gasteiger partial charge in [-0.1, -0.05) is 23.8 Å². The first kappa shape index (κ1) is 17.0. The molecule has 0 fully saturated rings. The Kier molecular flexibility index (Phi) is 4.70. The van der Waals surface area contributed by atoms with E-state index in [1.54, 1.807) is 4.90 Å². The summed E-state index contributed by atoms with van der Waals surface area (Å²) >= 11 is 0. The van der Waals surface area contributed by atoms with Crippen molar-refractivity contribution in [2.75, 3.05) is 17.2 Å².